The van der Waals surface area contributed by atoms with E-state index in [2.05, 4.69) is 15.5 Å². The molecular weight excluding hydrogens is 448 g/mol. The number of halogens is 1. The Morgan fingerprint density at radius 1 is 1.03 bits per heavy atom. The quantitative estimate of drug-likeness (QED) is 0.418. The van der Waals surface area contributed by atoms with E-state index in [0.717, 1.165) is 46.3 Å². The standard InChI is InChI=1S/C27H23ClN4O2/c28-19-10-8-16(9-11-19)25-21-13-12-20(14-22(21)30-31-25)32-24(33)15-23(29-27(34)18-6-7-18)26(32)17-4-2-1-3-5-17/h1-5,8-14,18,23,26H,6-7,15H2,(H,29,34)(H,30,31). The molecule has 6 rings (SSSR count). The van der Waals surface area contributed by atoms with Gasteiger partial charge in [0.1, 0.15) is 0 Å². The van der Waals surface area contributed by atoms with E-state index in [1.54, 1.807) is 0 Å². The van der Waals surface area contributed by atoms with Crippen molar-refractivity contribution in [3.8, 4) is 11.3 Å². The maximum absolute atomic E-state index is 13.3. The monoisotopic (exact) mass is 470 g/mol. The maximum Gasteiger partial charge on any atom is 0.229 e. The molecule has 0 bridgehead atoms. The molecule has 2 unspecified atom stereocenters. The molecule has 3 aromatic carbocycles. The average molecular weight is 471 g/mol. The summed E-state index contributed by atoms with van der Waals surface area (Å²) in [5.41, 5.74) is 4.42. The van der Waals surface area contributed by atoms with Crippen LogP contribution in [0.25, 0.3) is 22.2 Å². The number of aromatic amines is 1. The number of nitrogens with zero attached hydrogens (tertiary/aromatic N) is 2. The van der Waals surface area contributed by atoms with Gasteiger partial charge in [0.05, 0.1) is 23.3 Å². The molecule has 0 radical (unpaired) electrons. The van der Waals surface area contributed by atoms with Crippen molar-refractivity contribution in [1.29, 1.82) is 0 Å². The van der Waals surface area contributed by atoms with Crippen molar-refractivity contribution in [3.63, 3.8) is 0 Å². The molecule has 2 N–H and O–H groups in total. The second-order valence-electron chi connectivity index (χ2n) is 9.02. The molecule has 4 aromatic rings. The third kappa shape index (κ3) is 3.74. The van der Waals surface area contributed by atoms with Crippen LogP contribution in [0.2, 0.25) is 5.02 Å². The Bertz CT molecular complexity index is 1380. The molecule has 1 saturated carbocycles. The third-order valence-electron chi connectivity index (χ3n) is 6.68. The van der Waals surface area contributed by atoms with Crippen LogP contribution < -0.4 is 10.2 Å². The maximum atomic E-state index is 13.3. The van der Waals surface area contributed by atoms with Crippen molar-refractivity contribution in [2.24, 2.45) is 5.92 Å². The lowest BCUT2D eigenvalue weighted by molar-refractivity contribution is -0.123. The summed E-state index contributed by atoms with van der Waals surface area (Å²) >= 11 is 6.03. The van der Waals surface area contributed by atoms with Crippen LogP contribution in [0.3, 0.4) is 0 Å². The summed E-state index contributed by atoms with van der Waals surface area (Å²) in [7, 11) is 0. The zero-order valence-corrected chi connectivity index (χ0v) is 19.1. The van der Waals surface area contributed by atoms with Gasteiger partial charge in [0.15, 0.2) is 0 Å². The molecule has 2 aliphatic rings. The normalized spacial score (nSPS) is 20.1. The van der Waals surface area contributed by atoms with Gasteiger partial charge in [-0.05, 0) is 48.7 Å². The summed E-state index contributed by atoms with van der Waals surface area (Å²) in [6.45, 7) is 0. The van der Waals surface area contributed by atoms with E-state index in [0.29, 0.717) is 5.02 Å². The lowest BCUT2D eigenvalue weighted by Crippen LogP contribution is -2.40. The van der Waals surface area contributed by atoms with E-state index in [1.165, 1.54) is 0 Å². The highest BCUT2D eigenvalue weighted by Crippen LogP contribution is 2.40. The fourth-order valence-electron chi connectivity index (χ4n) is 4.83. The summed E-state index contributed by atoms with van der Waals surface area (Å²) in [5, 5.41) is 12.4. The summed E-state index contributed by atoms with van der Waals surface area (Å²) in [5.74, 6) is 0.136. The summed E-state index contributed by atoms with van der Waals surface area (Å²) in [4.78, 5) is 27.6. The van der Waals surface area contributed by atoms with Gasteiger partial charge < -0.3 is 10.2 Å². The molecule has 7 heteroatoms. The van der Waals surface area contributed by atoms with E-state index in [9.17, 15) is 9.59 Å². The van der Waals surface area contributed by atoms with E-state index in [-0.39, 0.29) is 36.2 Å². The minimum atomic E-state index is -0.273. The number of hydrogen-bond donors (Lipinski definition) is 2. The van der Waals surface area contributed by atoms with Gasteiger partial charge in [-0.1, -0.05) is 54.1 Å². The van der Waals surface area contributed by atoms with Crippen molar-refractivity contribution >= 4 is 40.0 Å². The first-order chi connectivity index (χ1) is 16.6. The molecule has 34 heavy (non-hydrogen) atoms. The van der Waals surface area contributed by atoms with Crippen molar-refractivity contribution in [2.75, 3.05) is 4.90 Å². The number of carbonyl (C=O) groups excluding carboxylic acids is 2. The molecule has 1 aromatic heterocycles. The second-order valence-corrected chi connectivity index (χ2v) is 9.46. The molecule has 0 spiro atoms. The first-order valence-electron chi connectivity index (χ1n) is 11.5. The van der Waals surface area contributed by atoms with Crippen LogP contribution in [0.1, 0.15) is 30.9 Å². The topological polar surface area (TPSA) is 78.1 Å². The lowest BCUT2D eigenvalue weighted by atomic mass is 9.99. The smallest absolute Gasteiger partial charge is 0.229 e. The third-order valence-corrected chi connectivity index (χ3v) is 6.93. The van der Waals surface area contributed by atoms with Crippen molar-refractivity contribution in [3.05, 3.63) is 83.4 Å². The molecule has 170 valence electrons. The van der Waals surface area contributed by atoms with Crippen LogP contribution in [0.5, 0.6) is 0 Å². The molecule has 1 aliphatic carbocycles. The van der Waals surface area contributed by atoms with Gasteiger partial charge in [-0.25, -0.2) is 0 Å². The lowest BCUT2D eigenvalue weighted by Gasteiger charge is -2.29. The van der Waals surface area contributed by atoms with Gasteiger partial charge in [0, 0.05) is 34.0 Å². The zero-order chi connectivity index (χ0) is 23.2. The zero-order valence-electron chi connectivity index (χ0n) is 18.4. The number of nitrogens with one attached hydrogen (secondary N) is 2. The van der Waals surface area contributed by atoms with E-state index < -0.39 is 0 Å². The number of benzene rings is 3. The molecule has 1 saturated heterocycles. The van der Waals surface area contributed by atoms with Crippen molar-refractivity contribution in [2.45, 2.75) is 31.3 Å². The van der Waals surface area contributed by atoms with Gasteiger partial charge in [0.25, 0.3) is 0 Å². The molecule has 2 atom stereocenters. The van der Waals surface area contributed by atoms with Crippen LogP contribution in [0.15, 0.2) is 72.8 Å². The molecule has 2 fully saturated rings. The van der Waals surface area contributed by atoms with Crippen LogP contribution >= 0.6 is 11.6 Å². The Kier molecular flexibility index (Phi) is 5.11. The number of aromatic nitrogens is 2. The van der Waals surface area contributed by atoms with Crippen molar-refractivity contribution < 1.29 is 9.59 Å². The first-order valence-corrected chi connectivity index (χ1v) is 11.9. The molecular formula is C27H23ClN4O2. The Hall–Kier alpha value is -3.64. The highest BCUT2D eigenvalue weighted by molar-refractivity contribution is 6.30. The predicted octanol–water partition coefficient (Wildman–Crippen LogP) is 5.26. The van der Waals surface area contributed by atoms with Crippen LogP contribution in [0, 0.1) is 5.92 Å². The number of carbonyl (C=O) groups is 2. The summed E-state index contributed by atoms with van der Waals surface area (Å²) < 4.78 is 0. The number of hydrogen-bond acceptors (Lipinski definition) is 3. The second kappa shape index (κ2) is 8.29. The SMILES string of the molecule is O=C(NC1CC(=O)N(c2ccc3c(-c4ccc(Cl)cc4)n[nH]c3c2)C1c1ccccc1)C1CC1. The Balaban J connectivity index is 1.37. The summed E-state index contributed by atoms with van der Waals surface area (Å²) in [6, 6.07) is 22.8. The average Bonchev–Trinajstić information content (AvgIpc) is 3.55. The molecule has 2 amide bonds. The van der Waals surface area contributed by atoms with Crippen molar-refractivity contribution in [1.82, 2.24) is 15.5 Å². The Morgan fingerprint density at radius 2 is 1.79 bits per heavy atom. The fraction of sp³-hybridized carbons (Fsp3) is 0.222. The van der Waals surface area contributed by atoms with Gasteiger partial charge in [-0.15, -0.1) is 0 Å². The number of rotatable bonds is 5. The minimum Gasteiger partial charge on any atom is -0.350 e. The van der Waals surface area contributed by atoms with Crippen LogP contribution in [0.4, 0.5) is 5.69 Å². The fourth-order valence-corrected chi connectivity index (χ4v) is 4.96. The van der Waals surface area contributed by atoms with Gasteiger partial charge in [-0.2, -0.15) is 5.10 Å². The Labute approximate surface area is 201 Å². The minimum absolute atomic E-state index is 0.00765. The van der Waals surface area contributed by atoms with Gasteiger partial charge in [-0.3, -0.25) is 14.7 Å². The first kappa shape index (κ1) is 20.9. The molecule has 1 aliphatic heterocycles. The van der Waals surface area contributed by atoms with Gasteiger partial charge >= 0.3 is 0 Å². The largest absolute Gasteiger partial charge is 0.350 e. The number of amides is 2. The Morgan fingerprint density at radius 3 is 2.53 bits per heavy atom. The van der Waals surface area contributed by atoms with Crippen LogP contribution in [-0.4, -0.2) is 28.1 Å². The molecule has 2 heterocycles. The van der Waals surface area contributed by atoms with Gasteiger partial charge in [0.2, 0.25) is 11.8 Å². The molecule has 6 nitrogen and oxygen atoms in total. The number of anilines is 1. The van der Waals surface area contributed by atoms with Crippen LogP contribution in [-0.2, 0) is 9.59 Å². The number of H-pyrrole nitrogens is 1. The summed E-state index contributed by atoms with van der Waals surface area (Å²) in [6.07, 6.45) is 2.13. The van der Waals surface area contributed by atoms with E-state index in [4.69, 9.17) is 11.6 Å². The van der Waals surface area contributed by atoms with E-state index in [1.807, 2.05) is 77.7 Å². The number of fused-ring (bicyclic) bond motifs is 1. The van der Waals surface area contributed by atoms with E-state index >= 15 is 0 Å². The highest BCUT2D eigenvalue weighted by atomic mass is 35.5. The predicted molar refractivity (Wildman–Crippen MR) is 132 cm³/mol. The highest BCUT2D eigenvalue weighted by Gasteiger charge is 2.44.